The molecule has 0 spiro atoms. The number of hydrogen-bond acceptors (Lipinski definition) is 1. The van der Waals surface area contributed by atoms with E-state index in [4.69, 9.17) is 0 Å². The van der Waals surface area contributed by atoms with E-state index < -0.39 is 0 Å². The minimum absolute atomic E-state index is 0.161. The van der Waals surface area contributed by atoms with E-state index in [1.807, 2.05) is 6.07 Å². The molecule has 2 aliphatic rings. The number of fused-ring (bicyclic) bond motifs is 3. The summed E-state index contributed by atoms with van der Waals surface area (Å²) >= 11 is 0. The predicted molar refractivity (Wildman–Crippen MR) is 61.4 cm³/mol. The highest BCUT2D eigenvalue weighted by molar-refractivity contribution is 5.72. The first kappa shape index (κ1) is 10.0. The van der Waals surface area contributed by atoms with Crippen LogP contribution in [0, 0.1) is 11.7 Å². The summed E-state index contributed by atoms with van der Waals surface area (Å²) in [6, 6.07) is 5.08. The van der Waals surface area contributed by atoms with E-state index in [0.29, 0.717) is 12.3 Å². The molecule has 0 radical (unpaired) electrons. The van der Waals surface area contributed by atoms with E-state index in [9.17, 15) is 9.50 Å². The van der Waals surface area contributed by atoms with Crippen molar-refractivity contribution in [1.82, 2.24) is 0 Å². The Morgan fingerprint density at radius 3 is 3.06 bits per heavy atom. The highest BCUT2D eigenvalue weighted by atomic mass is 19.1. The summed E-state index contributed by atoms with van der Waals surface area (Å²) in [5.41, 5.74) is 3.58. The van der Waals surface area contributed by atoms with Gasteiger partial charge in [0.2, 0.25) is 0 Å². The molecule has 0 fully saturated rings. The van der Waals surface area contributed by atoms with E-state index in [1.165, 1.54) is 17.2 Å². The SMILES string of the molecule is O[C@H]1CC=C2c3cc(F)ccc3CC[C@H]2C1. The third-order valence-electron chi connectivity index (χ3n) is 3.75. The number of hydrogen-bond donors (Lipinski definition) is 1. The fourth-order valence-electron chi connectivity index (χ4n) is 2.95. The monoisotopic (exact) mass is 218 g/mol. The number of aliphatic hydroxyl groups is 1. The number of aliphatic hydroxyl groups excluding tert-OH is 1. The van der Waals surface area contributed by atoms with E-state index in [2.05, 4.69) is 6.08 Å². The smallest absolute Gasteiger partial charge is 0.123 e. The van der Waals surface area contributed by atoms with Crippen LogP contribution in [0.2, 0.25) is 0 Å². The van der Waals surface area contributed by atoms with Crippen molar-refractivity contribution >= 4 is 5.57 Å². The molecule has 0 aliphatic heterocycles. The van der Waals surface area contributed by atoms with E-state index in [-0.39, 0.29) is 11.9 Å². The first-order valence-corrected chi connectivity index (χ1v) is 5.91. The molecule has 0 aromatic heterocycles. The molecular formula is C14H15FO. The van der Waals surface area contributed by atoms with Gasteiger partial charge in [0, 0.05) is 0 Å². The van der Waals surface area contributed by atoms with Crippen LogP contribution in [0.5, 0.6) is 0 Å². The van der Waals surface area contributed by atoms with Crippen molar-refractivity contribution in [3.63, 3.8) is 0 Å². The zero-order valence-electron chi connectivity index (χ0n) is 9.12. The van der Waals surface area contributed by atoms with Crippen LogP contribution < -0.4 is 0 Å². The number of allylic oxidation sites excluding steroid dienone is 1. The lowest BCUT2D eigenvalue weighted by atomic mass is 9.74. The van der Waals surface area contributed by atoms with Crippen LogP contribution in [0.15, 0.2) is 24.3 Å². The van der Waals surface area contributed by atoms with Crippen molar-refractivity contribution in [2.24, 2.45) is 5.92 Å². The Kier molecular flexibility index (Phi) is 2.32. The van der Waals surface area contributed by atoms with Gasteiger partial charge in [-0.15, -0.1) is 0 Å². The largest absolute Gasteiger partial charge is 0.393 e. The van der Waals surface area contributed by atoms with Gasteiger partial charge >= 0.3 is 0 Å². The predicted octanol–water partition coefficient (Wildman–Crippen LogP) is 2.93. The molecule has 0 saturated heterocycles. The Bertz CT molecular complexity index is 450. The topological polar surface area (TPSA) is 20.2 Å². The lowest BCUT2D eigenvalue weighted by molar-refractivity contribution is 0.147. The normalized spacial score (nSPS) is 28.0. The van der Waals surface area contributed by atoms with E-state index >= 15 is 0 Å². The number of benzene rings is 1. The lowest BCUT2D eigenvalue weighted by Gasteiger charge is -2.32. The molecule has 1 aromatic carbocycles. The zero-order chi connectivity index (χ0) is 11.1. The molecule has 0 unspecified atom stereocenters. The van der Waals surface area contributed by atoms with Gasteiger partial charge in [0.05, 0.1) is 6.10 Å². The second kappa shape index (κ2) is 3.70. The van der Waals surface area contributed by atoms with Crippen molar-refractivity contribution in [1.29, 1.82) is 0 Å². The molecule has 1 N–H and O–H groups in total. The van der Waals surface area contributed by atoms with Crippen LogP contribution >= 0.6 is 0 Å². The van der Waals surface area contributed by atoms with Crippen molar-refractivity contribution in [3.05, 3.63) is 41.2 Å². The zero-order valence-corrected chi connectivity index (χ0v) is 9.12. The summed E-state index contributed by atoms with van der Waals surface area (Å²) in [7, 11) is 0. The molecule has 2 aliphatic carbocycles. The van der Waals surface area contributed by atoms with Crippen LogP contribution in [-0.2, 0) is 6.42 Å². The van der Waals surface area contributed by atoms with Gasteiger partial charge in [-0.25, -0.2) is 4.39 Å². The maximum Gasteiger partial charge on any atom is 0.123 e. The molecule has 0 saturated carbocycles. The number of aryl methyl sites for hydroxylation is 1. The first-order valence-electron chi connectivity index (χ1n) is 5.91. The van der Waals surface area contributed by atoms with E-state index in [0.717, 1.165) is 24.8 Å². The van der Waals surface area contributed by atoms with Crippen molar-refractivity contribution in [2.45, 2.75) is 31.8 Å². The Labute approximate surface area is 94.6 Å². The quantitative estimate of drug-likeness (QED) is 0.710. The maximum absolute atomic E-state index is 13.3. The van der Waals surface area contributed by atoms with Gasteiger partial charge in [-0.1, -0.05) is 12.1 Å². The molecule has 0 bridgehead atoms. The summed E-state index contributed by atoms with van der Waals surface area (Å²) in [4.78, 5) is 0. The van der Waals surface area contributed by atoms with Gasteiger partial charge in [-0.2, -0.15) is 0 Å². The summed E-state index contributed by atoms with van der Waals surface area (Å²) < 4.78 is 13.3. The van der Waals surface area contributed by atoms with Gasteiger partial charge in [0.15, 0.2) is 0 Å². The first-order chi connectivity index (χ1) is 7.74. The average molecular weight is 218 g/mol. The Morgan fingerprint density at radius 2 is 2.19 bits per heavy atom. The van der Waals surface area contributed by atoms with Gasteiger partial charge in [-0.05, 0) is 60.4 Å². The number of halogens is 1. The summed E-state index contributed by atoms with van der Waals surface area (Å²) in [6.07, 6.45) is 5.52. The highest BCUT2D eigenvalue weighted by Gasteiger charge is 2.28. The standard InChI is InChI=1S/C14H15FO/c15-11-4-3-9-1-2-10-7-12(16)5-6-13(10)14(9)8-11/h3-4,6,8,10,12,16H,1-2,5,7H2/t10-,12-/m0/s1. The molecule has 16 heavy (non-hydrogen) atoms. The molecule has 0 amide bonds. The Balaban J connectivity index is 2.07. The molecule has 3 rings (SSSR count). The van der Waals surface area contributed by atoms with Gasteiger partial charge < -0.3 is 5.11 Å². The third-order valence-corrected chi connectivity index (χ3v) is 3.75. The molecule has 84 valence electrons. The molecule has 0 heterocycles. The van der Waals surface area contributed by atoms with Gasteiger partial charge in [0.1, 0.15) is 5.82 Å². The van der Waals surface area contributed by atoms with Crippen molar-refractivity contribution < 1.29 is 9.50 Å². The lowest BCUT2D eigenvalue weighted by Crippen LogP contribution is -2.23. The third kappa shape index (κ3) is 1.57. The summed E-state index contributed by atoms with van der Waals surface area (Å²) in [5.74, 6) is 0.268. The Morgan fingerprint density at radius 1 is 1.31 bits per heavy atom. The molecular weight excluding hydrogens is 203 g/mol. The van der Waals surface area contributed by atoms with Crippen LogP contribution in [0.25, 0.3) is 5.57 Å². The fraction of sp³-hybridized carbons (Fsp3) is 0.429. The van der Waals surface area contributed by atoms with Gasteiger partial charge in [0.25, 0.3) is 0 Å². The van der Waals surface area contributed by atoms with Crippen molar-refractivity contribution in [2.75, 3.05) is 0 Å². The van der Waals surface area contributed by atoms with Crippen LogP contribution in [-0.4, -0.2) is 11.2 Å². The minimum atomic E-state index is -0.205. The number of rotatable bonds is 0. The van der Waals surface area contributed by atoms with E-state index in [1.54, 1.807) is 6.07 Å². The molecule has 2 heteroatoms. The second-order valence-corrected chi connectivity index (χ2v) is 4.82. The van der Waals surface area contributed by atoms with Gasteiger partial charge in [-0.3, -0.25) is 0 Å². The summed E-state index contributed by atoms with van der Waals surface area (Å²) in [6.45, 7) is 0. The fourth-order valence-corrected chi connectivity index (χ4v) is 2.95. The molecule has 1 aromatic rings. The van der Waals surface area contributed by atoms with Crippen LogP contribution in [0.4, 0.5) is 4.39 Å². The minimum Gasteiger partial charge on any atom is -0.393 e. The average Bonchev–Trinajstić information content (AvgIpc) is 2.28. The molecule has 2 atom stereocenters. The second-order valence-electron chi connectivity index (χ2n) is 4.82. The maximum atomic E-state index is 13.3. The highest BCUT2D eigenvalue weighted by Crippen LogP contribution is 2.41. The van der Waals surface area contributed by atoms with Crippen molar-refractivity contribution in [3.8, 4) is 0 Å². The molecule has 1 nitrogen and oxygen atoms in total. The Hall–Kier alpha value is -1.15. The summed E-state index contributed by atoms with van der Waals surface area (Å²) in [5, 5.41) is 9.63. The van der Waals surface area contributed by atoms with Crippen LogP contribution in [0.1, 0.15) is 30.4 Å². The van der Waals surface area contributed by atoms with Crippen LogP contribution in [0.3, 0.4) is 0 Å².